The number of carbonyl (C=O) groups is 1. The summed E-state index contributed by atoms with van der Waals surface area (Å²) in [5, 5.41) is 1.85. The number of nitrogens with zero attached hydrogens (tertiary/aromatic N) is 1. The Hall–Kier alpha value is -4.77. The molecule has 0 atom stereocenters. The van der Waals surface area contributed by atoms with Gasteiger partial charge in [0.05, 0.1) is 17.3 Å². The van der Waals surface area contributed by atoms with Gasteiger partial charge in [0.2, 0.25) is 5.91 Å². The van der Waals surface area contributed by atoms with Crippen LogP contribution in [0.25, 0.3) is 33.1 Å². The highest BCUT2D eigenvalue weighted by Crippen LogP contribution is 2.35. The summed E-state index contributed by atoms with van der Waals surface area (Å²) in [6.07, 6.45) is 1.67. The quantitative estimate of drug-likeness (QED) is 0.292. The molecule has 2 N–H and O–H groups in total. The number of carbonyl (C=O) groups excluding carboxylic acids is 1. The Balaban J connectivity index is 1.45. The number of primary amides is 1. The first kappa shape index (κ1) is 20.8. The van der Waals surface area contributed by atoms with E-state index in [1.165, 1.54) is 0 Å². The second-order valence-corrected chi connectivity index (χ2v) is 8.42. The Kier molecular flexibility index (Phi) is 5.08. The molecule has 0 saturated carbocycles. The average Bonchev–Trinajstić information content (AvgIpc) is 3.53. The van der Waals surface area contributed by atoms with Gasteiger partial charge in [-0.3, -0.25) is 4.79 Å². The van der Waals surface area contributed by atoms with Crippen molar-refractivity contribution in [2.45, 2.75) is 6.54 Å². The van der Waals surface area contributed by atoms with E-state index in [-0.39, 0.29) is 0 Å². The van der Waals surface area contributed by atoms with Crippen LogP contribution in [-0.2, 0) is 6.54 Å². The first-order valence-corrected chi connectivity index (χ1v) is 11.4. The van der Waals surface area contributed by atoms with Crippen molar-refractivity contribution in [2.24, 2.45) is 5.73 Å². The Labute approximate surface area is 202 Å². The topological polar surface area (TPSA) is 70.4 Å². The van der Waals surface area contributed by atoms with E-state index in [9.17, 15) is 4.79 Å². The van der Waals surface area contributed by atoms with E-state index in [0.717, 1.165) is 50.2 Å². The minimum Gasteiger partial charge on any atom is -0.464 e. The van der Waals surface area contributed by atoms with E-state index in [1.807, 2.05) is 78.9 Å². The van der Waals surface area contributed by atoms with Crippen molar-refractivity contribution in [3.63, 3.8) is 0 Å². The van der Waals surface area contributed by atoms with Crippen LogP contribution in [0.5, 0.6) is 11.5 Å². The summed E-state index contributed by atoms with van der Waals surface area (Å²) in [7, 11) is 0. The van der Waals surface area contributed by atoms with Crippen molar-refractivity contribution in [2.75, 3.05) is 0 Å². The molecule has 0 aliphatic rings. The van der Waals surface area contributed by atoms with Crippen molar-refractivity contribution in [1.82, 2.24) is 4.57 Å². The second kappa shape index (κ2) is 8.54. The molecule has 2 aromatic heterocycles. The van der Waals surface area contributed by atoms with Gasteiger partial charge in [-0.2, -0.15) is 0 Å². The van der Waals surface area contributed by atoms with Crippen molar-refractivity contribution in [1.29, 1.82) is 0 Å². The summed E-state index contributed by atoms with van der Waals surface area (Å²) in [6.45, 7) is 0.620. The first-order valence-electron chi connectivity index (χ1n) is 11.4. The van der Waals surface area contributed by atoms with Crippen LogP contribution in [-0.4, -0.2) is 10.5 Å². The largest absolute Gasteiger partial charge is 0.464 e. The summed E-state index contributed by atoms with van der Waals surface area (Å²) < 4.78 is 13.8. The number of nitrogens with two attached hydrogens (primary N) is 1. The van der Waals surface area contributed by atoms with Crippen LogP contribution < -0.4 is 10.5 Å². The van der Waals surface area contributed by atoms with Gasteiger partial charge in [-0.1, -0.05) is 48.5 Å². The molecule has 0 aliphatic heterocycles. The van der Waals surface area contributed by atoms with Gasteiger partial charge >= 0.3 is 0 Å². The van der Waals surface area contributed by atoms with Crippen molar-refractivity contribution in [3.05, 3.63) is 121 Å². The van der Waals surface area contributed by atoms with Gasteiger partial charge in [0, 0.05) is 28.4 Å². The predicted octanol–water partition coefficient (Wildman–Crippen LogP) is 6.99. The molecule has 0 radical (unpaired) electrons. The summed E-state index contributed by atoms with van der Waals surface area (Å²) in [5.41, 5.74) is 10.3. The highest BCUT2D eigenvalue weighted by Gasteiger charge is 2.17. The molecule has 0 spiro atoms. The second-order valence-electron chi connectivity index (χ2n) is 8.42. The third-order valence-corrected chi connectivity index (χ3v) is 6.21. The highest BCUT2D eigenvalue weighted by atomic mass is 16.5. The Morgan fingerprint density at radius 1 is 0.800 bits per heavy atom. The molecule has 0 fully saturated rings. The summed E-state index contributed by atoms with van der Waals surface area (Å²) >= 11 is 0. The molecule has 4 aromatic carbocycles. The lowest BCUT2D eigenvalue weighted by Gasteiger charge is -2.10. The van der Waals surface area contributed by atoms with Crippen molar-refractivity contribution >= 4 is 27.7 Å². The van der Waals surface area contributed by atoms with E-state index < -0.39 is 5.91 Å². The number of hydrogen-bond donors (Lipinski definition) is 1. The SMILES string of the molecule is NC(=O)c1cccc2c1c1ccc(-c3ccco3)cc1n2Cc1ccc(Oc2ccccc2)cc1. The minimum atomic E-state index is -0.438. The van der Waals surface area contributed by atoms with E-state index in [4.69, 9.17) is 14.9 Å². The van der Waals surface area contributed by atoms with E-state index in [2.05, 4.69) is 22.8 Å². The molecule has 6 aromatic rings. The molecule has 0 saturated heterocycles. The lowest BCUT2D eigenvalue weighted by molar-refractivity contribution is 0.100. The Bertz CT molecular complexity index is 1650. The fourth-order valence-electron chi connectivity index (χ4n) is 4.59. The number of amides is 1. The van der Waals surface area contributed by atoms with Crippen LogP contribution in [0.3, 0.4) is 0 Å². The monoisotopic (exact) mass is 458 g/mol. The predicted molar refractivity (Wildman–Crippen MR) is 138 cm³/mol. The third kappa shape index (κ3) is 3.83. The maximum Gasteiger partial charge on any atom is 0.249 e. The number of para-hydroxylation sites is 1. The van der Waals surface area contributed by atoms with Crippen LogP contribution in [0.2, 0.25) is 0 Å². The number of aromatic nitrogens is 1. The molecule has 0 aliphatic carbocycles. The maximum absolute atomic E-state index is 12.3. The summed E-state index contributed by atoms with van der Waals surface area (Å²) in [6, 6.07) is 33.4. The third-order valence-electron chi connectivity index (χ3n) is 6.21. The Morgan fingerprint density at radius 3 is 2.34 bits per heavy atom. The van der Waals surface area contributed by atoms with Crippen LogP contribution in [0, 0.1) is 0 Å². The zero-order valence-corrected chi connectivity index (χ0v) is 18.8. The molecule has 6 rings (SSSR count). The zero-order chi connectivity index (χ0) is 23.8. The number of fused-ring (bicyclic) bond motifs is 3. The number of ether oxygens (including phenoxy) is 1. The van der Waals surface area contributed by atoms with E-state index in [0.29, 0.717) is 12.1 Å². The minimum absolute atomic E-state index is 0.438. The van der Waals surface area contributed by atoms with Crippen LogP contribution in [0.4, 0.5) is 0 Å². The molecule has 35 heavy (non-hydrogen) atoms. The van der Waals surface area contributed by atoms with Crippen molar-refractivity contribution in [3.8, 4) is 22.8 Å². The molecular weight excluding hydrogens is 436 g/mol. The number of rotatable bonds is 6. The van der Waals surface area contributed by atoms with Crippen molar-refractivity contribution < 1.29 is 13.9 Å². The van der Waals surface area contributed by atoms with Crippen LogP contribution in [0.1, 0.15) is 15.9 Å². The Morgan fingerprint density at radius 2 is 1.60 bits per heavy atom. The highest BCUT2D eigenvalue weighted by molar-refractivity contribution is 6.18. The number of benzene rings is 4. The lowest BCUT2D eigenvalue weighted by Crippen LogP contribution is -2.11. The van der Waals surface area contributed by atoms with Gasteiger partial charge in [0.1, 0.15) is 17.3 Å². The van der Waals surface area contributed by atoms with E-state index in [1.54, 1.807) is 12.3 Å². The van der Waals surface area contributed by atoms with Gasteiger partial charge in [0.25, 0.3) is 0 Å². The van der Waals surface area contributed by atoms with Crippen LogP contribution >= 0.6 is 0 Å². The first-order chi connectivity index (χ1) is 17.2. The number of furan rings is 1. The summed E-state index contributed by atoms with van der Waals surface area (Å²) in [5.74, 6) is 1.93. The standard InChI is InChI=1S/C30H22N2O3/c31-30(33)25-8-4-9-26-29(25)24-16-13-21(28-10-5-17-34-28)18-27(24)32(26)19-20-11-14-23(15-12-20)35-22-6-2-1-3-7-22/h1-18H,19H2,(H2,31,33). The zero-order valence-electron chi connectivity index (χ0n) is 18.8. The van der Waals surface area contributed by atoms with Gasteiger partial charge in [-0.15, -0.1) is 0 Å². The van der Waals surface area contributed by atoms with Gasteiger partial charge in [0.15, 0.2) is 0 Å². The number of hydrogen-bond acceptors (Lipinski definition) is 3. The molecular formula is C30H22N2O3. The smallest absolute Gasteiger partial charge is 0.249 e. The molecule has 170 valence electrons. The molecule has 0 bridgehead atoms. The molecule has 5 nitrogen and oxygen atoms in total. The molecule has 5 heteroatoms. The van der Waals surface area contributed by atoms with Gasteiger partial charge in [-0.05, 0) is 60.2 Å². The molecule has 1 amide bonds. The van der Waals surface area contributed by atoms with E-state index >= 15 is 0 Å². The fourth-order valence-corrected chi connectivity index (χ4v) is 4.59. The molecule has 2 heterocycles. The van der Waals surface area contributed by atoms with Crippen LogP contribution in [0.15, 0.2) is 114 Å². The van der Waals surface area contributed by atoms with Gasteiger partial charge < -0.3 is 19.5 Å². The fraction of sp³-hybridized carbons (Fsp3) is 0.0333. The summed E-state index contributed by atoms with van der Waals surface area (Å²) in [4.78, 5) is 12.3. The van der Waals surface area contributed by atoms with Gasteiger partial charge in [-0.25, -0.2) is 0 Å². The average molecular weight is 459 g/mol. The lowest BCUT2D eigenvalue weighted by atomic mass is 10.0. The normalized spacial score (nSPS) is 11.2. The maximum atomic E-state index is 12.3. The molecule has 0 unspecified atom stereocenters.